The molecule has 0 aliphatic carbocycles. The second-order valence-corrected chi connectivity index (χ2v) is 10.3. The molecule has 216 valence electrons. The second-order valence-electron chi connectivity index (χ2n) is 10.3. The third kappa shape index (κ3) is 8.74. The largest absolute Gasteiger partial charge is 0.383 e. The van der Waals surface area contributed by atoms with Crippen molar-refractivity contribution in [2.45, 2.75) is 25.9 Å². The van der Waals surface area contributed by atoms with E-state index in [0.29, 0.717) is 32.8 Å². The molecule has 8 heteroatoms. The molecular weight excluding hydrogens is 516 g/mol. The first-order valence-corrected chi connectivity index (χ1v) is 14.1. The number of likely N-dealkylation sites (N-methyl/N-ethyl adjacent to an activating group) is 1. The Morgan fingerprint density at radius 2 is 1.76 bits per heavy atom. The summed E-state index contributed by atoms with van der Waals surface area (Å²) >= 11 is 0. The molecule has 1 unspecified atom stereocenters. The summed E-state index contributed by atoms with van der Waals surface area (Å²) < 4.78 is 10.7. The van der Waals surface area contributed by atoms with E-state index in [-0.39, 0.29) is 18.4 Å². The van der Waals surface area contributed by atoms with Crippen molar-refractivity contribution in [1.82, 2.24) is 14.8 Å². The van der Waals surface area contributed by atoms with Gasteiger partial charge in [0.2, 0.25) is 11.8 Å². The van der Waals surface area contributed by atoms with Gasteiger partial charge in [-0.25, -0.2) is 4.98 Å². The van der Waals surface area contributed by atoms with Crippen molar-refractivity contribution in [1.29, 1.82) is 0 Å². The van der Waals surface area contributed by atoms with Crippen molar-refractivity contribution in [3.05, 3.63) is 101 Å². The lowest BCUT2D eigenvalue weighted by Gasteiger charge is -2.33. The van der Waals surface area contributed by atoms with Crippen molar-refractivity contribution in [2.24, 2.45) is 0 Å². The summed E-state index contributed by atoms with van der Waals surface area (Å²) in [6.07, 6.45) is 5.54. The number of aromatic nitrogens is 1. The van der Waals surface area contributed by atoms with Gasteiger partial charge in [-0.1, -0.05) is 66.2 Å². The summed E-state index contributed by atoms with van der Waals surface area (Å²) in [6.45, 7) is 6.06. The van der Waals surface area contributed by atoms with Crippen molar-refractivity contribution < 1.29 is 19.1 Å². The number of rotatable bonds is 12. The molecule has 1 aromatic heterocycles. The Morgan fingerprint density at radius 1 is 1.02 bits per heavy atom. The maximum atomic E-state index is 13.9. The minimum atomic E-state index is -0.714. The molecular formula is C33H40N4O4. The van der Waals surface area contributed by atoms with Crippen molar-refractivity contribution in [3.63, 3.8) is 0 Å². The van der Waals surface area contributed by atoms with Gasteiger partial charge in [0, 0.05) is 59.0 Å². The van der Waals surface area contributed by atoms with Gasteiger partial charge in [0.1, 0.15) is 11.9 Å². The van der Waals surface area contributed by atoms with Crippen LogP contribution in [0.25, 0.3) is 6.08 Å². The number of carbonyl (C=O) groups excluding carboxylic acids is 2. The molecule has 1 aliphatic heterocycles. The molecule has 2 aromatic carbocycles. The highest BCUT2D eigenvalue weighted by atomic mass is 16.5. The summed E-state index contributed by atoms with van der Waals surface area (Å²) in [6, 6.07) is 21.0. The first-order chi connectivity index (χ1) is 19.9. The van der Waals surface area contributed by atoms with Crippen LogP contribution in [-0.4, -0.2) is 86.3 Å². The topological polar surface area (TPSA) is 75.2 Å². The number of anilines is 1. The van der Waals surface area contributed by atoms with E-state index in [2.05, 4.69) is 9.88 Å². The predicted molar refractivity (Wildman–Crippen MR) is 161 cm³/mol. The van der Waals surface area contributed by atoms with Crippen molar-refractivity contribution in [3.8, 4) is 0 Å². The Kier molecular flexibility index (Phi) is 11.0. The lowest BCUT2D eigenvalue weighted by atomic mass is 10.0. The normalized spacial score (nSPS) is 14.2. The maximum Gasteiger partial charge on any atom is 0.247 e. The Morgan fingerprint density at radius 3 is 2.41 bits per heavy atom. The van der Waals surface area contributed by atoms with Gasteiger partial charge >= 0.3 is 0 Å². The molecule has 8 nitrogen and oxygen atoms in total. The molecule has 1 aliphatic rings. The predicted octanol–water partition coefficient (Wildman–Crippen LogP) is 3.98. The molecule has 1 fully saturated rings. The van der Waals surface area contributed by atoms with E-state index in [9.17, 15) is 9.59 Å². The first-order valence-electron chi connectivity index (χ1n) is 14.1. The Labute approximate surface area is 243 Å². The molecule has 0 saturated carbocycles. The van der Waals surface area contributed by atoms with Gasteiger partial charge in [0.15, 0.2) is 0 Å². The fraction of sp³-hybridized carbons (Fsp3) is 0.364. The first kappa shape index (κ1) is 30.0. The highest BCUT2D eigenvalue weighted by molar-refractivity contribution is 5.95. The SMILES string of the molecule is COCCN(C)C(=O)C(Cc1ccccc1)N(Cc1ccc(N2CCOCC2)nc1)C(=O)C=Cc1ccc(C)cc1. The minimum absolute atomic E-state index is 0.138. The standard InChI is InChI=1S/C33H40N4O4/c1-26-9-11-27(12-10-26)14-16-32(38)37(25-29-13-15-31(34-24-29)36-18-21-41-22-19-36)30(23-28-7-5-4-6-8-28)33(39)35(2)17-20-40-3/h4-16,24,30H,17-23,25H2,1-3H3. The number of carbonyl (C=O) groups is 2. The number of hydrogen-bond donors (Lipinski definition) is 0. The lowest BCUT2D eigenvalue weighted by Crippen LogP contribution is -2.51. The molecule has 2 amide bonds. The van der Waals surface area contributed by atoms with Crippen LogP contribution < -0.4 is 4.90 Å². The number of hydrogen-bond acceptors (Lipinski definition) is 6. The maximum absolute atomic E-state index is 13.9. The summed E-state index contributed by atoms with van der Waals surface area (Å²) in [7, 11) is 3.36. The highest BCUT2D eigenvalue weighted by Crippen LogP contribution is 2.19. The number of methoxy groups -OCH3 is 1. The smallest absolute Gasteiger partial charge is 0.247 e. The molecule has 0 bridgehead atoms. The summed E-state index contributed by atoms with van der Waals surface area (Å²) in [4.78, 5) is 37.9. The zero-order chi connectivity index (χ0) is 29.0. The number of benzene rings is 2. The zero-order valence-electron chi connectivity index (χ0n) is 24.2. The van der Waals surface area contributed by atoms with Gasteiger partial charge in [0.25, 0.3) is 0 Å². The van der Waals surface area contributed by atoms with Crippen LogP contribution in [0, 0.1) is 6.92 Å². The van der Waals surface area contributed by atoms with Crippen LogP contribution in [0.4, 0.5) is 5.82 Å². The lowest BCUT2D eigenvalue weighted by molar-refractivity contribution is -0.143. The van der Waals surface area contributed by atoms with Gasteiger partial charge in [-0.15, -0.1) is 0 Å². The molecule has 0 radical (unpaired) electrons. The Bertz CT molecular complexity index is 1270. The van der Waals surface area contributed by atoms with E-state index in [4.69, 9.17) is 9.47 Å². The molecule has 0 spiro atoms. The number of ether oxygens (including phenoxy) is 2. The third-order valence-electron chi connectivity index (χ3n) is 7.22. The van der Waals surface area contributed by atoms with Crippen LogP contribution in [0.15, 0.2) is 79.0 Å². The Hall–Kier alpha value is -4.01. The molecule has 0 N–H and O–H groups in total. The van der Waals surface area contributed by atoms with Crippen LogP contribution in [0.3, 0.4) is 0 Å². The molecule has 2 heterocycles. The minimum Gasteiger partial charge on any atom is -0.383 e. The summed E-state index contributed by atoms with van der Waals surface area (Å²) in [5, 5.41) is 0. The van der Waals surface area contributed by atoms with E-state index in [1.807, 2.05) is 73.7 Å². The number of aryl methyl sites for hydroxylation is 1. The number of morpholine rings is 1. The van der Waals surface area contributed by atoms with Gasteiger partial charge in [-0.3, -0.25) is 9.59 Å². The van der Waals surface area contributed by atoms with Crippen LogP contribution in [-0.2, 0) is 32.0 Å². The van der Waals surface area contributed by atoms with Gasteiger partial charge < -0.3 is 24.2 Å². The van der Waals surface area contributed by atoms with Gasteiger partial charge in [0.05, 0.1) is 19.8 Å². The molecule has 3 aromatic rings. The summed E-state index contributed by atoms with van der Waals surface area (Å²) in [5.74, 6) is 0.503. The number of amides is 2. The van der Waals surface area contributed by atoms with Crippen LogP contribution in [0.1, 0.15) is 22.3 Å². The average Bonchev–Trinajstić information content (AvgIpc) is 3.02. The number of nitrogens with zero attached hydrogens (tertiary/aromatic N) is 4. The number of pyridine rings is 1. The van der Waals surface area contributed by atoms with Crippen LogP contribution >= 0.6 is 0 Å². The third-order valence-corrected chi connectivity index (χ3v) is 7.22. The summed E-state index contributed by atoms with van der Waals surface area (Å²) in [5.41, 5.74) is 3.90. The van der Waals surface area contributed by atoms with Crippen molar-refractivity contribution in [2.75, 3.05) is 58.5 Å². The highest BCUT2D eigenvalue weighted by Gasteiger charge is 2.31. The average molecular weight is 557 g/mol. The van der Waals surface area contributed by atoms with Crippen LogP contribution in [0.2, 0.25) is 0 Å². The quantitative estimate of drug-likeness (QED) is 0.314. The van der Waals surface area contributed by atoms with Gasteiger partial charge in [-0.05, 0) is 35.8 Å². The van der Waals surface area contributed by atoms with E-state index in [1.165, 1.54) is 0 Å². The van der Waals surface area contributed by atoms with E-state index < -0.39 is 6.04 Å². The molecule has 1 atom stereocenters. The van der Waals surface area contributed by atoms with Gasteiger partial charge in [-0.2, -0.15) is 0 Å². The second kappa shape index (κ2) is 15.1. The molecule has 4 rings (SSSR count). The van der Waals surface area contributed by atoms with E-state index in [1.54, 1.807) is 42.3 Å². The molecule has 1 saturated heterocycles. The van der Waals surface area contributed by atoms with E-state index in [0.717, 1.165) is 41.2 Å². The molecule has 41 heavy (non-hydrogen) atoms. The van der Waals surface area contributed by atoms with Crippen LogP contribution in [0.5, 0.6) is 0 Å². The van der Waals surface area contributed by atoms with Crippen molar-refractivity contribution >= 4 is 23.7 Å². The monoisotopic (exact) mass is 556 g/mol. The fourth-order valence-electron chi connectivity index (χ4n) is 4.73. The fourth-order valence-corrected chi connectivity index (χ4v) is 4.73. The zero-order valence-corrected chi connectivity index (χ0v) is 24.2. The van der Waals surface area contributed by atoms with E-state index >= 15 is 0 Å². The Balaban J connectivity index is 1.64.